The van der Waals surface area contributed by atoms with Crippen molar-refractivity contribution >= 4 is 34.1 Å². The Morgan fingerprint density at radius 1 is 1.17 bits per heavy atom. The number of benzene rings is 2. The summed E-state index contributed by atoms with van der Waals surface area (Å²) in [5.74, 6) is 1.76. The van der Waals surface area contributed by atoms with Gasteiger partial charge in [-0.1, -0.05) is 36.4 Å². The van der Waals surface area contributed by atoms with Crippen molar-refractivity contribution in [3.05, 3.63) is 66.6 Å². The first-order valence-corrected chi connectivity index (χ1v) is 11.1. The highest BCUT2D eigenvalue weighted by Crippen LogP contribution is 2.34. The lowest BCUT2D eigenvalue weighted by Crippen LogP contribution is -2.32. The minimum atomic E-state index is -0.0150. The van der Waals surface area contributed by atoms with E-state index >= 15 is 0 Å². The molecule has 5 nitrogen and oxygen atoms in total. The summed E-state index contributed by atoms with van der Waals surface area (Å²) in [6, 6.07) is 15.7. The zero-order chi connectivity index (χ0) is 20.1. The maximum atomic E-state index is 12.9. The molecule has 7 heteroatoms. The molecule has 2 aromatic carbocycles. The molecular formula is C22H20N2O3S2. The van der Waals surface area contributed by atoms with Gasteiger partial charge in [-0.25, -0.2) is 4.98 Å². The van der Waals surface area contributed by atoms with Crippen LogP contribution < -0.4 is 14.4 Å². The van der Waals surface area contributed by atoms with Crippen molar-refractivity contribution < 1.29 is 14.3 Å². The fourth-order valence-electron chi connectivity index (χ4n) is 2.88. The summed E-state index contributed by atoms with van der Waals surface area (Å²) in [6.45, 7) is 5.31. The van der Waals surface area contributed by atoms with Crippen LogP contribution in [-0.2, 0) is 4.79 Å². The first-order valence-electron chi connectivity index (χ1n) is 9.19. The number of aromatic nitrogens is 1. The van der Waals surface area contributed by atoms with E-state index in [9.17, 15) is 4.79 Å². The number of ether oxygens (including phenoxy) is 2. The Hall–Kier alpha value is -2.77. The lowest BCUT2D eigenvalue weighted by molar-refractivity contribution is -0.116. The van der Waals surface area contributed by atoms with Crippen molar-refractivity contribution in [1.82, 2.24) is 4.98 Å². The van der Waals surface area contributed by atoms with Crippen molar-refractivity contribution in [3.8, 4) is 22.8 Å². The highest BCUT2D eigenvalue weighted by atomic mass is 32.2. The van der Waals surface area contributed by atoms with Crippen LogP contribution in [-0.4, -0.2) is 36.4 Å². The van der Waals surface area contributed by atoms with Gasteiger partial charge in [-0.15, -0.1) is 29.7 Å². The maximum absolute atomic E-state index is 12.9. The number of thioether (sulfide) groups is 1. The molecule has 3 aromatic rings. The molecule has 0 N–H and O–H groups in total. The zero-order valence-corrected chi connectivity index (χ0v) is 17.4. The van der Waals surface area contributed by atoms with E-state index in [-0.39, 0.29) is 5.91 Å². The summed E-state index contributed by atoms with van der Waals surface area (Å²) >= 11 is 2.93. The van der Waals surface area contributed by atoms with Crippen LogP contribution in [0.2, 0.25) is 0 Å². The third-order valence-corrected chi connectivity index (χ3v) is 6.12. The normalized spacial score (nSPS) is 12.4. The number of amides is 1. The minimum Gasteiger partial charge on any atom is -0.486 e. The van der Waals surface area contributed by atoms with Crippen LogP contribution in [0.15, 0.2) is 71.5 Å². The highest BCUT2D eigenvalue weighted by molar-refractivity contribution is 8.00. The van der Waals surface area contributed by atoms with Crippen LogP contribution in [0.5, 0.6) is 11.5 Å². The van der Waals surface area contributed by atoms with Gasteiger partial charge in [0.15, 0.2) is 16.6 Å². The second kappa shape index (κ2) is 9.15. The predicted molar refractivity (Wildman–Crippen MR) is 118 cm³/mol. The monoisotopic (exact) mass is 424 g/mol. The topological polar surface area (TPSA) is 51.7 Å². The van der Waals surface area contributed by atoms with Gasteiger partial charge in [0.25, 0.3) is 0 Å². The highest BCUT2D eigenvalue weighted by Gasteiger charge is 2.19. The molecule has 0 unspecified atom stereocenters. The lowest BCUT2D eigenvalue weighted by atomic mass is 10.2. The van der Waals surface area contributed by atoms with Crippen LogP contribution in [0.4, 0.5) is 5.13 Å². The Morgan fingerprint density at radius 2 is 1.97 bits per heavy atom. The summed E-state index contributed by atoms with van der Waals surface area (Å²) in [6.07, 6.45) is 1.72. The van der Waals surface area contributed by atoms with Crippen LogP contribution in [0.1, 0.15) is 0 Å². The summed E-state index contributed by atoms with van der Waals surface area (Å²) in [5, 5.41) is 2.65. The SMILES string of the molecule is C=CCN(C(=O)CSc1ccc2c(c1)OCCO2)c1nc(-c2ccccc2)cs1. The third kappa shape index (κ3) is 4.63. The van der Waals surface area contributed by atoms with Crippen molar-refractivity contribution in [1.29, 1.82) is 0 Å². The van der Waals surface area contributed by atoms with E-state index in [1.807, 2.05) is 53.9 Å². The summed E-state index contributed by atoms with van der Waals surface area (Å²) in [4.78, 5) is 20.2. The van der Waals surface area contributed by atoms with Crippen LogP contribution >= 0.6 is 23.1 Å². The lowest BCUT2D eigenvalue weighted by Gasteiger charge is -2.19. The molecule has 2 heterocycles. The average Bonchev–Trinajstić information content (AvgIpc) is 3.26. The standard InChI is InChI=1S/C22H20N2O3S2/c1-2-10-24(22-23-18(14-29-22)16-6-4-3-5-7-16)21(25)15-28-17-8-9-19-20(13-17)27-12-11-26-19/h2-9,13-14H,1,10-12,15H2. The molecule has 0 spiro atoms. The summed E-state index contributed by atoms with van der Waals surface area (Å²) in [5.41, 5.74) is 1.90. The second-order valence-corrected chi connectivity index (χ2v) is 8.15. The molecule has 1 aliphatic heterocycles. The molecule has 0 atom stereocenters. The quantitative estimate of drug-likeness (QED) is 0.399. The van der Waals surface area contributed by atoms with Crippen molar-refractivity contribution in [2.45, 2.75) is 4.90 Å². The van der Waals surface area contributed by atoms with Gasteiger partial charge in [-0.05, 0) is 18.2 Å². The van der Waals surface area contributed by atoms with E-state index in [1.54, 1.807) is 11.0 Å². The van der Waals surface area contributed by atoms with Gasteiger partial charge >= 0.3 is 0 Å². The molecule has 29 heavy (non-hydrogen) atoms. The fourth-order valence-corrected chi connectivity index (χ4v) is 4.54. The van der Waals surface area contributed by atoms with Crippen LogP contribution in [0.25, 0.3) is 11.3 Å². The Labute approximate surface area is 178 Å². The van der Waals surface area contributed by atoms with Crippen LogP contribution in [0.3, 0.4) is 0 Å². The van der Waals surface area contributed by atoms with Crippen LogP contribution in [0, 0.1) is 0 Å². The first kappa shape index (κ1) is 19.5. The van der Waals surface area contributed by atoms with Gasteiger partial charge in [0.1, 0.15) is 13.2 Å². The minimum absolute atomic E-state index is 0.0150. The van der Waals surface area contributed by atoms with Gasteiger partial charge in [-0.3, -0.25) is 9.69 Å². The number of fused-ring (bicyclic) bond motifs is 1. The second-order valence-electron chi connectivity index (χ2n) is 6.27. The summed E-state index contributed by atoms with van der Waals surface area (Å²) in [7, 11) is 0. The molecule has 4 rings (SSSR count). The Balaban J connectivity index is 1.45. The molecule has 0 aliphatic carbocycles. The smallest absolute Gasteiger partial charge is 0.239 e. The van der Waals surface area contributed by atoms with Crippen molar-refractivity contribution in [2.24, 2.45) is 0 Å². The molecule has 0 fully saturated rings. The molecule has 0 saturated heterocycles. The third-order valence-electron chi connectivity index (χ3n) is 4.28. The van der Waals surface area contributed by atoms with E-state index in [4.69, 9.17) is 9.47 Å². The molecule has 0 saturated carbocycles. The van der Waals surface area contributed by atoms with E-state index in [0.29, 0.717) is 30.6 Å². The number of hydrogen-bond donors (Lipinski definition) is 0. The van der Waals surface area contributed by atoms with Gasteiger partial charge in [0.2, 0.25) is 5.91 Å². The van der Waals surface area contributed by atoms with E-state index in [0.717, 1.165) is 27.7 Å². The van der Waals surface area contributed by atoms with Gasteiger partial charge in [0.05, 0.1) is 11.4 Å². The molecule has 148 valence electrons. The number of rotatable bonds is 7. The van der Waals surface area contributed by atoms with Crippen molar-refractivity contribution in [3.63, 3.8) is 0 Å². The fraction of sp³-hybridized carbons (Fsp3) is 0.182. The number of nitrogens with zero attached hydrogens (tertiary/aromatic N) is 2. The van der Waals surface area contributed by atoms with E-state index in [2.05, 4.69) is 11.6 Å². The number of anilines is 1. The summed E-state index contributed by atoms with van der Waals surface area (Å²) < 4.78 is 11.2. The number of carbonyl (C=O) groups is 1. The van der Waals surface area contributed by atoms with E-state index in [1.165, 1.54) is 23.1 Å². The Morgan fingerprint density at radius 3 is 2.76 bits per heavy atom. The number of thiazole rings is 1. The molecular weight excluding hydrogens is 404 g/mol. The predicted octanol–water partition coefficient (Wildman–Crippen LogP) is 4.89. The van der Waals surface area contributed by atoms with Gasteiger partial charge in [0, 0.05) is 22.4 Å². The molecule has 1 aromatic heterocycles. The maximum Gasteiger partial charge on any atom is 0.239 e. The van der Waals surface area contributed by atoms with Crippen molar-refractivity contribution in [2.75, 3.05) is 30.4 Å². The average molecular weight is 425 g/mol. The van der Waals surface area contributed by atoms with Gasteiger partial charge < -0.3 is 9.47 Å². The number of carbonyl (C=O) groups excluding carboxylic acids is 1. The Kier molecular flexibility index (Phi) is 6.17. The molecule has 0 bridgehead atoms. The first-order chi connectivity index (χ1) is 14.2. The largest absolute Gasteiger partial charge is 0.486 e. The van der Waals surface area contributed by atoms with Gasteiger partial charge in [-0.2, -0.15) is 0 Å². The number of hydrogen-bond acceptors (Lipinski definition) is 6. The van der Waals surface area contributed by atoms with E-state index < -0.39 is 0 Å². The zero-order valence-electron chi connectivity index (χ0n) is 15.7. The molecule has 1 amide bonds. The molecule has 1 aliphatic rings. The Bertz CT molecular complexity index is 1000. The molecule has 0 radical (unpaired) electrons.